The molecular weight excluding hydrogens is 286 g/mol. The second-order valence-corrected chi connectivity index (χ2v) is 6.33. The summed E-state index contributed by atoms with van der Waals surface area (Å²) in [6.45, 7) is 2.72. The molecule has 1 aliphatic heterocycles. The van der Waals surface area contributed by atoms with Gasteiger partial charge < -0.3 is 5.73 Å². The van der Waals surface area contributed by atoms with Crippen LogP contribution in [0.15, 0.2) is 35.6 Å². The lowest BCUT2D eigenvalue weighted by Gasteiger charge is -2.17. The molecule has 0 atom stereocenters. The first kappa shape index (κ1) is 14.3. The second kappa shape index (κ2) is 5.39. The van der Waals surface area contributed by atoms with Gasteiger partial charge in [0, 0.05) is 35.6 Å². The van der Waals surface area contributed by atoms with Crippen LogP contribution in [-0.4, -0.2) is 29.6 Å². The number of hydrogen-bond donors (Lipinski definition) is 1. The van der Waals surface area contributed by atoms with Crippen LogP contribution in [0.3, 0.4) is 0 Å². The van der Waals surface area contributed by atoms with Gasteiger partial charge in [0.1, 0.15) is 6.54 Å². The Hall–Kier alpha value is -2.33. The third kappa shape index (κ3) is 2.39. The number of nitrogens with zero attached hydrogens (tertiary/aromatic N) is 2. The van der Waals surface area contributed by atoms with E-state index >= 15 is 0 Å². The topological polar surface area (TPSA) is 68.3 Å². The summed E-state index contributed by atoms with van der Waals surface area (Å²) in [7, 11) is 0. The standard InChI is InChI=1S/C19H19N3O/c1-11-16(12-2-3-12)8-21-9-17(11)13-4-5-14-15(6-13)18(7-20)22-10-19(14)23/h4-6,8-9,12H,2-3,7,10,20H2,1H3. The van der Waals surface area contributed by atoms with Gasteiger partial charge in [0.15, 0.2) is 5.78 Å². The van der Waals surface area contributed by atoms with Crippen molar-refractivity contribution in [3.05, 3.63) is 52.8 Å². The van der Waals surface area contributed by atoms with E-state index in [-0.39, 0.29) is 12.3 Å². The maximum absolute atomic E-state index is 12.1. The van der Waals surface area contributed by atoms with Gasteiger partial charge in [0.25, 0.3) is 0 Å². The van der Waals surface area contributed by atoms with Crippen LogP contribution in [0.4, 0.5) is 0 Å². The van der Waals surface area contributed by atoms with E-state index in [4.69, 9.17) is 5.73 Å². The molecular formula is C19H19N3O. The molecule has 1 aromatic carbocycles. The average Bonchev–Trinajstić information content (AvgIpc) is 3.40. The largest absolute Gasteiger partial charge is 0.325 e. The lowest BCUT2D eigenvalue weighted by molar-refractivity contribution is 0.1000. The highest BCUT2D eigenvalue weighted by Gasteiger charge is 2.27. The highest BCUT2D eigenvalue weighted by molar-refractivity contribution is 6.16. The molecule has 0 amide bonds. The number of rotatable bonds is 3. The van der Waals surface area contributed by atoms with E-state index in [1.807, 2.05) is 30.6 Å². The molecule has 0 radical (unpaired) electrons. The molecule has 1 aliphatic carbocycles. The minimum atomic E-state index is 0.0605. The lowest BCUT2D eigenvalue weighted by Crippen LogP contribution is -2.25. The molecule has 1 saturated carbocycles. The van der Waals surface area contributed by atoms with E-state index in [1.165, 1.54) is 24.0 Å². The van der Waals surface area contributed by atoms with Crippen molar-refractivity contribution in [1.82, 2.24) is 4.98 Å². The SMILES string of the molecule is Cc1c(-c2ccc3c(c2)C(CN)=NCC3=O)cncc1C1CC1. The summed E-state index contributed by atoms with van der Waals surface area (Å²) in [5.41, 5.74) is 13.1. The van der Waals surface area contributed by atoms with Gasteiger partial charge in [-0.1, -0.05) is 12.1 Å². The fourth-order valence-electron chi connectivity index (χ4n) is 3.34. The molecule has 116 valence electrons. The molecule has 1 aromatic heterocycles. The van der Waals surface area contributed by atoms with Crippen molar-refractivity contribution in [3.63, 3.8) is 0 Å². The number of aromatic nitrogens is 1. The van der Waals surface area contributed by atoms with Crippen molar-refractivity contribution in [2.45, 2.75) is 25.7 Å². The van der Waals surface area contributed by atoms with E-state index in [9.17, 15) is 4.79 Å². The molecule has 0 unspecified atom stereocenters. The first-order valence-corrected chi connectivity index (χ1v) is 8.05. The highest BCUT2D eigenvalue weighted by atomic mass is 16.1. The molecule has 2 heterocycles. The lowest BCUT2D eigenvalue weighted by atomic mass is 9.90. The van der Waals surface area contributed by atoms with Crippen LogP contribution in [0.5, 0.6) is 0 Å². The van der Waals surface area contributed by atoms with Crippen LogP contribution in [0.1, 0.15) is 45.8 Å². The zero-order valence-corrected chi connectivity index (χ0v) is 13.2. The number of Topliss-reactive ketones (excluding diaryl/α,β-unsaturated/α-hetero) is 1. The van der Waals surface area contributed by atoms with Crippen molar-refractivity contribution >= 4 is 11.5 Å². The van der Waals surface area contributed by atoms with Gasteiger partial charge in [-0.2, -0.15) is 0 Å². The predicted octanol–water partition coefficient (Wildman–Crippen LogP) is 2.88. The Labute approximate surface area is 135 Å². The van der Waals surface area contributed by atoms with Gasteiger partial charge in [-0.25, -0.2) is 0 Å². The summed E-state index contributed by atoms with van der Waals surface area (Å²) in [6.07, 6.45) is 6.42. The van der Waals surface area contributed by atoms with Gasteiger partial charge >= 0.3 is 0 Å². The molecule has 4 rings (SSSR count). The Bertz CT molecular complexity index is 835. The van der Waals surface area contributed by atoms with Crippen molar-refractivity contribution < 1.29 is 4.79 Å². The van der Waals surface area contributed by atoms with E-state index < -0.39 is 0 Å². The van der Waals surface area contributed by atoms with Crippen LogP contribution < -0.4 is 5.73 Å². The third-order valence-electron chi connectivity index (χ3n) is 4.82. The van der Waals surface area contributed by atoms with Gasteiger partial charge in [0.05, 0.1) is 5.71 Å². The van der Waals surface area contributed by atoms with Crippen LogP contribution >= 0.6 is 0 Å². The molecule has 0 saturated heterocycles. The Morgan fingerprint density at radius 2 is 2.00 bits per heavy atom. The first-order valence-electron chi connectivity index (χ1n) is 8.05. The Morgan fingerprint density at radius 3 is 2.74 bits per heavy atom. The summed E-state index contributed by atoms with van der Waals surface area (Å²) in [6, 6.07) is 5.95. The minimum Gasteiger partial charge on any atom is -0.325 e. The molecule has 0 spiro atoms. The molecule has 4 heteroatoms. The van der Waals surface area contributed by atoms with Crippen LogP contribution in [0, 0.1) is 6.92 Å². The van der Waals surface area contributed by atoms with E-state index in [2.05, 4.69) is 16.9 Å². The van der Waals surface area contributed by atoms with Crippen LogP contribution in [0.25, 0.3) is 11.1 Å². The van der Waals surface area contributed by atoms with Gasteiger partial charge in [-0.15, -0.1) is 0 Å². The van der Waals surface area contributed by atoms with Crippen molar-refractivity contribution in [2.24, 2.45) is 10.7 Å². The summed E-state index contributed by atoms with van der Waals surface area (Å²) < 4.78 is 0. The summed E-state index contributed by atoms with van der Waals surface area (Å²) >= 11 is 0. The maximum Gasteiger partial charge on any atom is 0.184 e. The second-order valence-electron chi connectivity index (χ2n) is 6.33. The highest BCUT2D eigenvalue weighted by Crippen LogP contribution is 2.43. The zero-order valence-electron chi connectivity index (χ0n) is 13.2. The fraction of sp³-hybridized carbons (Fsp3) is 0.316. The normalized spacial score (nSPS) is 17.0. The number of ketones is 1. The Morgan fingerprint density at radius 1 is 1.17 bits per heavy atom. The van der Waals surface area contributed by atoms with Crippen LogP contribution in [-0.2, 0) is 0 Å². The molecule has 0 bridgehead atoms. The number of nitrogens with two attached hydrogens (primary N) is 1. The molecule has 2 aromatic rings. The maximum atomic E-state index is 12.1. The smallest absolute Gasteiger partial charge is 0.184 e. The quantitative estimate of drug-likeness (QED) is 0.948. The molecule has 2 N–H and O–H groups in total. The number of pyridine rings is 1. The van der Waals surface area contributed by atoms with Crippen molar-refractivity contribution in [2.75, 3.05) is 13.1 Å². The Balaban J connectivity index is 1.84. The molecule has 23 heavy (non-hydrogen) atoms. The Kier molecular flexibility index (Phi) is 3.34. The molecule has 2 aliphatic rings. The van der Waals surface area contributed by atoms with Gasteiger partial charge in [-0.3, -0.25) is 14.8 Å². The third-order valence-corrected chi connectivity index (χ3v) is 4.82. The summed E-state index contributed by atoms with van der Waals surface area (Å²) in [5.74, 6) is 0.730. The number of hydrogen-bond acceptors (Lipinski definition) is 4. The van der Waals surface area contributed by atoms with Gasteiger partial charge in [-0.05, 0) is 48.4 Å². The monoisotopic (exact) mass is 305 g/mol. The molecule has 4 nitrogen and oxygen atoms in total. The fourth-order valence-corrected chi connectivity index (χ4v) is 3.34. The van der Waals surface area contributed by atoms with Gasteiger partial charge in [0.2, 0.25) is 0 Å². The number of benzene rings is 1. The number of carbonyl (C=O) groups is 1. The van der Waals surface area contributed by atoms with E-state index in [0.717, 1.165) is 28.0 Å². The van der Waals surface area contributed by atoms with Crippen molar-refractivity contribution in [3.8, 4) is 11.1 Å². The van der Waals surface area contributed by atoms with Crippen molar-refractivity contribution in [1.29, 1.82) is 0 Å². The van der Waals surface area contributed by atoms with E-state index in [1.54, 1.807) is 0 Å². The number of carbonyl (C=O) groups excluding carboxylic acids is 1. The van der Waals surface area contributed by atoms with Crippen LogP contribution in [0.2, 0.25) is 0 Å². The average molecular weight is 305 g/mol. The summed E-state index contributed by atoms with van der Waals surface area (Å²) in [4.78, 5) is 20.8. The number of fused-ring (bicyclic) bond motifs is 1. The number of aliphatic imine (C=N–C) groups is 1. The zero-order chi connectivity index (χ0) is 16.0. The predicted molar refractivity (Wildman–Crippen MR) is 91.2 cm³/mol. The first-order chi connectivity index (χ1) is 11.2. The minimum absolute atomic E-state index is 0.0605. The summed E-state index contributed by atoms with van der Waals surface area (Å²) in [5, 5.41) is 0. The molecule has 1 fully saturated rings. The van der Waals surface area contributed by atoms with E-state index in [0.29, 0.717) is 12.5 Å².